The number of ether oxygens (including phenoxy) is 1. The number of β-amino-alcohol motifs (C(OH)–C–C–N with tert-alkyl or cyclic N) is 1. The van der Waals surface area contributed by atoms with Gasteiger partial charge in [-0.3, -0.25) is 0 Å². The van der Waals surface area contributed by atoms with Crippen LogP contribution in [0.15, 0.2) is 78.9 Å². The van der Waals surface area contributed by atoms with E-state index < -0.39 is 6.10 Å². The monoisotopic (exact) mass is 443 g/mol. The van der Waals surface area contributed by atoms with E-state index in [0.717, 1.165) is 31.4 Å². The number of rotatable bonds is 9. The van der Waals surface area contributed by atoms with Gasteiger partial charge in [-0.25, -0.2) is 0 Å². The molecular weight excluding hydrogens is 406 g/mol. The average molecular weight is 444 g/mol. The smallest absolute Gasteiger partial charge is 0.125 e. The number of benzene rings is 3. The minimum atomic E-state index is -0.580. The summed E-state index contributed by atoms with van der Waals surface area (Å²) in [4.78, 5) is 0. The highest BCUT2D eigenvalue weighted by atomic mass is 16.5. The van der Waals surface area contributed by atoms with Crippen LogP contribution in [0.4, 0.5) is 0 Å². The van der Waals surface area contributed by atoms with Crippen LogP contribution in [0, 0.1) is 0 Å². The molecule has 0 saturated heterocycles. The van der Waals surface area contributed by atoms with Crippen molar-refractivity contribution in [2.24, 2.45) is 0 Å². The molecule has 3 nitrogen and oxygen atoms in total. The molecule has 3 aromatic rings. The van der Waals surface area contributed by atoms with Crippen LogP contribution >= 0.6 is 0 Å². The lowest BCUT2D eigenvalue weighted by molar-refractivity contribution is 0.0298. The van der Waals surface area contributed by atoms with E-state index in [1.807, 2.05) is 30.3 Å². The number of aliphatic hydroxyl groups excluding tert-OH is 1. The van der Waals surface area contributed by atoms with Crippen molar-refractivity contribution in [2.75, 3.05) is 6.54 Å². The van der Waals surface area contributed by atoms with Crippen LogP contribution in [0.5, 0.6) is 5.75 Å². The summed E-state index contributed by atoms with van der Waals surface area (Å²) in [7, 11) is 0. The Morgan fingerprint density at radius 1 is 0.879 bits per heavy atom. The normalized spacial score (nSPS) is 15.8. The van der Waals surface area contributed by atoms with Gasteiger partial charge in [-0.05, 0) is 73.9 Å². The predicted molar refractivity (Wildman–Crippen MR) is 136 cm³/mol. The highest BCUT2D eigenvalue weighted by Crippen LogP contribution is 2.39. The molecule has 33 heavy (non-hydrogen) atoms. The van der Waals surface area contributed by atoms with Gasteiger partial charge in [-0.1, -0.05) is 73.7 Å². The van der Waals surface area contributed by atoms with Crippen molar-refractivity contribution in [2.45, 2.75) is 70.1 Å². The molecule has 4 rings (SSSR count). The Kier molecular flexibility index (Phi) is 7.52. The van der Waals surface area contributed by atoms with E-state index in [0.29, 0.717) is 12.5 Å². The van der Waals surface area contributed by atoms with Gasteiger partial charge in [0.15, 0.2) is 0 Å². The van der Waals surface area contributed by atoms with E-state index in [1.54, 1.807) is 0 Å². The maximum absolute atomic E-state index is 10.9. The summed E-state index contributed by atoms with van der Waals surface area (Å²) < 4.78 is 6.06. The van der Waals surface area contributed by atoms with Crippen molar-refractivity contribution in [1.29, 1.82) is 0 Å². The molecule has 0 saturated carbocycles. The van der Waals surface area contributed by atoms with Crippen molar-refractivity contribution in [3.05, 3.63) is 101 Å². The summed E-state index contributed by atoms with van der Waals surface area (Å²) in [6, 6.07) is 27.6. The summed E-state index contributed by atoms with van der Waals surface area (Å²) in [6.45, 7) is 7.04. The van der Waals surface area contributed by atoms with Crippen molar-refractivity contribution in [3.8, 4) is 5.75 Å². The van der Waals surface area contributed by atoms with Crippen molar-refractivity contribution in [3.63, 3.8) is 0 Å². The molecule has 2 unspecified atom stereocenters. The van der Waals surface area contributed by atoms with E-state index in [1.165, 1.54) is 22.3 Å². The highest BCUT2D eigenvalue weighted by Gasteiger charge is 2.31. The summed E-state index contributed by atoms with van der Waals surface area (Å²) in [5.74, 6) is 1.14. The van der Waals surface area contributed by atoms with Crippen LogP contribution in [-0.4, -0.2) is 29.4 Å². The quantitative estimate of drug-likeness (QED) is 0.433. The van der Waals surface area contributed by atoms with Crippen LogP contribution < -0.4 is 10.1 Å². The topological polar surface area (TPSA) is 41.5 Å². The lowest BCUT2D eigenvalue weighted by atomic mass is 9.79. The van der Waals surface area contributed by atoms with Crippen LogP contribution in [0.2, 0.25) is 0 Å². The zero-order valence-electron chi connectivity index (χ0n) is 20.1. The zero-order valence-corrected chi connectivity index (χ0v) is 20.1. The second-order valence-corrected chi connectivity index (χ2v) is 9.86. The fourth-order valence-electron chi connectivity index (χ4n) is 5.06. The van der Waals surface area contributed by atoms with Gasteiger partial charge in [0.05, 0.1) is 0 Å². The summed E-state index contributed by atoms with van der Waals surface area (Å²) in [6.07, 6.45) is 3.07. The molecule has 3 heteroatoms. The molecule has 0 bridgehead atoms. The van der Waals surface area contributed by atoms with Gasteiger partial charge >= 0.3 is 0 Å². The maximum Gasteiger partial charge on any atom is 0.125 e. The minimum absolute atomic E-state index is 0.152. The molecule has 1 aliphatic carbocycles. The lowest BCUT2D eigenvalue weighted by Gasteiger charge is -2.34. The minimum Gasteiger partial charge on any atom is -0.488 e. The number of fused-ring (bicyclic) bond motifs is 2. The zero-order chi connectivity index (χ0) is 23.3. The Bertz CT molecular complexity index is 983. The first-order chi connectivity index (χ1) is 16.0. The van der Waals surface area contributed by atoms with Gasteiger partial charge in [0.25, 0.3) is 0 Å². The van der Waals surface area contributed by atoms with Crippen molar-refractivity contribution < 1.29 is 9.84 Å². The first-order valence-corrected chi connectivity index (χ1v) is 12.3. The molecule has 0 heterocycles. The van der Waals surface area contributed by atoms with Gasteiger partial charge in [-0.2, -0.15) is 0 Å². The third-order valence-electron chi connectivity index (χ3n) is 6.89. The summed E-state index contributed by atoms with van der Waals surface area (Å²) in [5.41, 5.74) is 5.64. The highest BCUT2D eigenvalue weighted by molar-refractivity contribution is 5.45. The first-order valence-electron chi connectivity index (χ1n) is 12.3. The third kappa shape index (κ3) is 5.85. The van der Waals surface area contributed by atoms with E-state index in [2.05, 4.69) is 74.6 Å². The van der Waals surface area contributed by atoms with Gasteiger partial charge < -0.3 is 15.2 Å². The SMILES string of the molecule is CCC(Oc1ccccc1)C(O)CNC(C)(C)CC1c2ccccc2CCc2ccccc21. The Hall–Kier alpha value is -2.62. The number of aryl methyl sites for hydroxylation is 2. The first kappa shape index (κ1) is 23.5. The second-order valence-electron chi connectivity index (χ2n) is 9.86. The molecule has 0 aliphatic heterocycles. The molecule has 3 aromatic carbocycles. The van der Waals surface area contributed by atoms with Gasteiger partial charge in [0.2, 0.25) is 0 Å². The van der Waals surface area contributed by atoms with Crippen molar-refractivity contribution >= 4 is 0 Å². The third-order valence-corrected chi connectivity index (χ3v) is 6.89. The molecule has 2 N–H and O–H groups in total. The second kappa shape index (κ2) is 10.5. The lowest BCUT2D eigenvalue weighted by Crippen LogP contribution is -2.48. The molecular formula is C30H37NO2. The Morgan fingerprint density at radius 3 is 2.00 bits per heavy atom. The molecule has 0 radical (unpaired) electrons. The largest absolute Gasteiger partial charge is 0.488 e. The molecule has 0 fully saturated rings. The van der Waals surface area contributed by atoms with Gasteiger partial charge in [0, 0.05) is 18.0 Å². The number of nitrogens with one attached hydrogen (secondary N) is 1. The maximum atomic E-state index is 10.9. The van der Waals surface area contributed by atoms with E-state index in [9.17, 15) is 5.11 Å². The standard InChI is InChI=1S/C30H37NO2/c1-4-29(33-24-14-6-5-7-15-24)28(32)21-31-30(2,3)20-27-25-16-10-8-12-22(25)18-19-23-13-9-11-17-26(23)27/h5-17,27-29,31-32H,4,18-21H2,1-3H3. The van der Waals surface area contributed by atoms with Crippen LogP contribution in [0.1, 0.15) is 61.8 Å². The molecule has 0 spiro atoms. The average Bonchev–Trinajstić information content (AvgIpc) is 2.99. The van der Waals surface area contributed by atoms with E-state index in [4.69, 9.17) is 4.74 Å². The fourth-order valence-corrected chi connectivity index (χ4v) is 5.06. The van der Waals surface area contributed by atoms with Crippen LogP contribution in [-0.2, 0) is 12.8 Å². The number of para-hydroxylation sites is 1. The van der Waals surface area contributed by atoms with Gasteiger partial charge in [0.1, 0.15) is 18.0 Å². The molecule has 174 valence electrons. The molecule has 0 amide bonds. The van der Waals surface area contributed by atoms with Crippen LogP contribution in [0.3, 0.4) is 0 Å². The Morgan fingerprint density at radius 2 is 1.42 bits per heavy atom. The van der Waals surface area contributed by atoms with E-state index >= 15 is 0 Å². The summed E-state index contributed by atoms with van der Waals surface area (Å²) >= 11 is 0. The number of aliphatic hydroxyl groups is 1. The van der Waals surface area contributed by atoms with Crippen molar-refractivity contribution in [1.82, 2.24) is 5.32 Å². The molecule has 2 atom stereocenters. The Labute approximate surface area is 198 Å². The van der Waals surface area contributed by atoms with E-state index in [-0.39, 0.29) is 11.6 Å². The predicted octanol–water partition coefficient (Wildman–Crippen LogP) is 5.89. The fraction of sp³-hybridized carbons (Fsp3) is 0.400. The van der Waals surface area contributed by atoms with Gasteiger partial charge in [-0.15, -0.1) is 0 Å². The number of hydrogen-bond donors (Lipinski definition) is 2. The van der Waals surface area contributed by atoms with Crippen LogP contribution in [0.25, 0.3) is 0 Å². The number of hydrogen-bond acceptors (Lipinski definition) is 3. The molecule has 1 aliphatic rings. The Balaban J connectivity index is 1.47. The summed E-state index contributed by atoms with van der Waals surface area (Å²) in [5, 5.41) is 14.6. The molecule has 0 aromatic heterocycles.